The third-order valence-corrected chi connectivity index (χ3v) is 3.74. The highest BCUT2D eigenvalue weighted by Gasteiger charge is 2.18. The van der Waals surface area contributed by atoms with Gasteiger partial charge in [-0.05, 0) is 38.1 Å². The first-order valence-electron chi connectivity index (χ1n) is 6.59. The summed E-state index contributed by atoms with van der Waals surface area (Å²) in [5.41, 5.74) is 0. The van der Waals surface area contributed by atoms with Crippen molar-refractivity contribution < 1.29 is 19.1 Å². The van der Waals surface area contributed by atoms with Gasteiger partial charge in [-0.15, -0.1) is 11.8 Å². The molecule has 0 aliphatic carbocycles. The van der Waals surface area contributed by atoms with Crippen molar-refractivity contribution in [3.63, 3.8) is 0 Å². The summed E-state index contributed by atoms with van der Waals surface area (Å²) in [5, 5.41) is 4.57. The van der Waals surface area contributed by atoms with Crippen LogP contribution < -0.4 is 10.6 Å². The molecule has 0 heterocycles. The van der Waals surface area contributed by atoms with Crippen LogP contribution in [0.5, 0.6) is 0 Å². The smallest absolute Gasteiger partial charge is 0.321 e. The normalized spacial score (nSPS) is 11.4. The zero-order chi connectivity index (χ0) is 16.5. The lowest BCUT2D eigenvalue weighted by atomic mass is 10.4. The van der Waals surface area contributed by atoms with Crippen LogP contribution in [0.2, 0.25) is 5.02 Å². The summed E-state index contributed by atoms with van der Waals surface area (Å²) in [6, 6.07) is 6.41. The Morgan fingerprint density at radius 2 is 1.91 bits per heavy atom. The Morgan fingerprint density at radius 3 is 2.50 bits per heavy atom. The van der Waals surface area contributed by atoms with Gasteiger partial charge in [0.25, 0.3) is 5.91 Å². The topological polar surface area (TPSA) is 84.5 Å². The molecule has 1 aromatic rings. The number of amides is 3. The van der Waals surface area contributed by atoms with Crippen molar-refractivity contribution in [2.24, 2.45) is 0 Å². The molecule has 0 unspecified atom stereocenters. The SMILES string of the molecule is CCNC(=O)NC(=O)COC(=O)[C@@H](C)Sc1ccc(Cl)cc1. The Kier molecular flexibility index (Phi) is 7.76. The first-order valence-corrected chi connectivity index (χ1v) is 7.84. The van der Waals surface area contributed by atoms with Crippen molar-refractivity contribution in [1.29, 1.82) is 0 Å². The molecular formula is C14H17ClN2O4S. The number of halogens is 1. The first kappa shape index (κ1) is 18.3. The minimum absolute atomic E-state index is 0.396. The number of urea groups is 1. The predicted octanol–water partition coefficient (Wildman–Crippen LogP) is 2.21. The molecular weight excluding hydrogens is 328 g/mol. The van der Waals surface area contributed by atoms with Gasteiger partial charge in [0.05, 0.1) is 0 Å². The molecule has 0 fully saturated rings. The number of nitrogens with one attached hydrogen (secondary N) is 2. The van der Waals surface area contributed by atoms with E-state index in [9.17, 15) is 14.4 Å². The van der Waals surface area contributed by atoms with E-state index in [1.165, 1.54) is 11.8 Å². The maximum Gasteiger partial charge on any atom is 0.321 e. The van der Waals surface area contributed by atoms with Crippen molar-refractivity contribution in [2.45, 2.75) is 24.0 Å². The van der Waals surface area contributed by atoms with Crippen LogP contribution in [-0.2, 0) is 14.3 Å². The maximum absolute atomic E-state index is 11.8. The lowest BCUT2D eigenvalue weighted by Crippen LogP contribution is -2.41. The molecule has 0 bridgehead atoms. The van der Waals surface area contributed by atoms with Crippen molar-refractivity contribution in [1.82, 2.24) is 10.6 Å². The number of ether oxygens (including phenoxy) is 1. The number of esters is 1. The van der Waals surface area contributed by atoms with E-state index >= 15 is 0 Å². The fourth-order valence-corrected chi connectivity index (χ4v) is 2.38. The van der Waals surface area contributed by atoms with Gasteiger partial charge in [0.1, 0.15) is 5.25 Å². The second-order valence-electron chi connectivity index (χ2n) is 4.23. The third kappa shape index (κ3) is 6.82. The van der Waals surface area contributed by atoms with Gasteiger partial charge in [-0.25, -0.2) is 4.79 Å². The van der Waals surface area contributed by atoms with Gasteiger partial charge in [-0.3, -0.25) is 14.9 Å². The molecule has 1 atom stereocenters. The van der Waals surface area contributed by atoms with Crippen LogP contribution in [0.1, 0.15) is 13.8 Å². The van der Waals surface area contributed by atoms with Gasteiger partial charge in [0, 0.05) is 16.5 Å². The lowest BCUT2D eigenvalue weighted by Gasteiger charge is -2.11. The van der Waals surface area contributed by atoms with Gasteiger partial charge in [0.15, 0.2) is 6.61 Å². The summed E-state index contributed by atoms with van der Waals surface area (Å²) in [6.07, 6.45) is 0. The first-order chi connectivity index (χ1) is 10.4. The number of benzene rings is 1. The Morgan fingerprint density at radius 1 is 1.27 bits per heavy atom. The molecule has 120 valence electrons. The number of imide groups is 1. The van der Waals surface area contributed by atoms with Gasteiger partial charge in [-0.2, -0.15) is 0 Å². The molecule has 0 aliphatic rings. The van der Waals surface area contributed by atoms with Gasteiger partial charge < -0.3 is 10.1 Å². The highest BCUT2D eigenvalue weighted by molar-refractivity contribution is 8.00. The molecule has 0 spiro atoms. The van der Waals surface area contributed by atoms with E-state index < -0.39 is 29.8 Å². The van der Waals surface area contributed by atoms with Crippen LogP contribution in [0.15, 0.2) is 29.2 Å². The van der Waals surface area contributed by atoms with Crippen molar-refractivity contribution in [2.75, 3.05) is 13.2 Å². The molecule has 6 nitrogen and oxygen atoms in total. The fraction of sp³-hybridized carbons (Fsp3) is 0.357. The molecule has 2 N–H and O–H groups in total. The number of hydrogen-bond donors (Lipinski definition) is 2. The molecule has 1 rings (SSSR count). The van der Waals surface area contributed by atoms with Gasteiger partial charge >= 0.3 is 12.0 Å². The summed E-state index contributed by atoms with van der Waals surface area (Å²) >= 11 is 7.07. The van der Waals surface area contributed by atoms with E-state index in [0.717, 1.165) is 4.90 Å². The van der Waals surface area contributed by atoms with Crippen LogP contribution in [0, 0.1) is 0 Å². The summed E-state index contributed by atoms with van der Waals surface area (Å²) < 4.78 is 4.86. The van der Waals surface area contributed by atoms with Crippen molar-refractivity contribution >= 4 is 41.3 Å². The average molecular weight is 345 g/mol. The van der Waals surface area contributed by atoms with E-state index in [4.69, 9.17) is 16.3 Å². The Balaban J connectivity index is 2.36. The van der Waals surface area contributed by atoms with Gasteiger partial charge in [-0.1, -0.05) is 11.6 Å². The van der Waals surface area contributed by atoms with Crippen LogP contribution in [0.3, 0.4) is 0 Å². The Bertz CT molecular complexity index is 536. The number of carbonyl (C=O) groups is 3. The predicted molar refractivity (Wildman–Crippen MR) is 84.9 cm³/mol. The summed E-state index contributed by atoms with van der Waals surface area (Å²) in [4.78, 5) is 35.1. The minimum Gasteiger partial charge on any atom is -0.455 e. The average Bonchev–Trinajstić information content (AvgIpc) is 2.47. The van der Waals surface area contributed by atoms with Crippen LogP contribution >= 0.6 is 23.4 Å². The highest BCUT2D eigenvalue weighted by atomic mass is 35.5. The summed E-state index contributed by atoms with van der Waals surface area (Å²) in [6.45, 7) is 3.29. The summed E-state index contributed by atoms with van der Waals surface area (Å²) in [7, 11) is 0. The van der Waals surface area contributed by atoms with Crippen molar-refractivity contribution in [3.05, 3.63) is 29.3 Å². The molecule has 8 heteroatoms. The Labute approximate surface area is 137 Å². The number of rotatable bonds is 6. The van der Waals surface area contributed by atoms with E-state index in [1.54, 1.807) is 38.1 Å². The number of carbonyl (C=O) groups excluding carboxylic acids is 3. The molecule has 22 heavy (non-hydrogen) atoms. The van der Waals surface area contributed by atoms with E-state index in [2.05, 4.69) is 5.32 Å². The van der Waals surface area contributed by atoms with E-state index in [0.29, 0.717) is 11.6 Å². The molecule has 1 aromatic carbocycles. The van der Waals surface area contributed by atoms with E-state index in [-0.39, 0.29) is 0 Å². The summed E-state index contributed by atoms with van der Waals surface area (Å²) in [5.74, 6) is -1.21. The lowest BCUT2D eigenvalue weighted by molar-refractivity contribution is -0.147. The van der Waals surface area contributed by atoms with E-state index in [1.807, 2.05) is 5.32 Å². The second-order valence-corrected chi connectivity index (χ2v) is 6.08. The minimum atomic E-state index is -0.678. The monoisotopic (exact) mass is 344 g/mol. The van der Waals surface area contributed by atoms with Crippen LogP contribution in [-0.4, -0.2) is 36.3 Å². The van der Waals surface area contributed by atoms with Gasteiger partial charge in [0.2, 0.25) is 0 Å². The zero-order valence-electron chi connectivity index (χ0n) is 12.2. The molecule has 0 radical (unpaired) electrons. The zero-order valence-corrected chi connectivity index (χ0v) is 13.8. The number of thioether (sulfide) groups is 1. The molecule has 0 aromatic heterocycles. The highest BCUT2D eigenvalue weighted by Crippen LogP contribution is 2.25. The standard InChI is InChI=1S/C14H17ClN2O4S/c1-3-16-14(20)17-12(18)8-21-13(19)9(2)22-11-6-4-10(15)5-7-11/h4-7,9H,3,8H2,1-2H3,(H2,16,17,18,20)/t9-/m1/s1. The Hall–Kier alpha value is -1.73. The molecule has 0 aliphatic heterocycles. The maximum atomic E-state index is 11.8. The fourth-order valence-electron chi connectivity index (χ4n) is 1.39. The van der Waals surface area contributed by atoms with Crippen LogP contribution in [0.25, 0.3) is 0 Å². The number of hydrogen-bond acceptors (Lipinski definition) is 5. The third-order valence-electron chi connectivity index (χ3n) is 2.39. The molecule has 3 amide bonds. The van der Waals surface area contributed by atoms with Crippen LogP contribution in [0.4, 0.5) is 4.79 Å². The largest absolute Gasteiger partial charge is 0.455 e. The quantitative estimate of drug-likeness (QED) is 0.610. The van der Waals surface area contributed by atoms with Crippen molar-refractivity contribution in [3.8, 4) is 0 Å². The second kappa shape index (κ2) is 9.32. The molecule has 0 saturated heterocycles. The molecule has 0 saturated carbocycles.